The average Bonchev–Trinajstić information content (AvgIpc) is 2.99. The highest BCUT2D eigenvalue weighted by atomic mass is 19.4. The van der Waals surface area contributed by atoms with Crippen molar-refractivity contribution in [1.29, 1.82) is 5.41 Å². The number of nitrogens with one attached hydrogen (secondary N) is 4. The SMILES string of the molecule is CCOc1cc(C(Nc2ccc(C(=N)N)c(OC(=O)C(F)(F)F)c2)C(=O)NNc2ccc3ccccc3n2)ccc1OC(C)C. The Labute approximate surface area is 256 Å². The van der Waals surface area contributed by atoms with Crippen LogP contribution >= 0.6 is 0 Å². The van der Waals surface area contributed by atoms with Crippen molar-refractivity contribution in [2.75, 3.05) is 17.3 Å². The molecule has 3 aromatic carbocycles. The number of fused-ring (bicyclic) bond motifs is 1. The lowest BCUT2D eigenvalue weighted by Gasteiger charge is -2.23. The minimum absolute atomic E-state index is 0.0782. The summed E-state index contributed by atoms with van der Waals surface area (Å²) in [5.41, 5.74) is 11.8. The average molecular weight is 625 g/mol. The zero-order chi connectivity index (χ0) is 32.7. The van der Waals surface area contributed by atoms with Crippen molar-refractivity contribution < 1.29 is 37.0 Å². The van der Waals surface area contributed by atoms with Gasteiger partial charge in [0, 0.05) is 17.1 Å². The van der Waals surface area contributed by atoms with Gasteiger partial charge in [0.2, 0.25) is 0 Å². The Morgan fingerprint density at radius 2 is 1.73 bits per heavy atom. The third kappa shape index (κ3) is 8.31. The number of hydrogen-bond acceptors (Lipinski definition) is 9. The number of anilines is 2. The number of pyridine rings is 1. The van der Waals surface area contributed by atoms with Gasteiger partial charge in [0.1, 0.15) is 23.4 Å². The fourth-order valence-corrected chi connectivity index (χ4v) is 4.20. The Morgan fingerprint density at radius 1 is 0.978 bits per heavy atom. The summed E-state index contributed by atoms with van der Waals surface area (Å²) in [7, 11) is 0. The summed E-state index contributed by atoms with van der Waals surface area (Å²) in [6, 6.07) is 18.2. The number of amides is 1. The van der Waals surface area contributed by atoms with Crippen LogP contribution in [-0.2, 0) is 9.59 Å². The number of hydrazine groups is 1. The van der Waals surface area contributed by atoms with Crippen LogP contribution in [0.5, 0.6) is 17.2 Å². The zero-order valence-electron chi connectivity index (χ0n) is 24.5. The number of aromatic nitrogens is 1. The second-order valence-corrected chi connectivity index (χ2v) is 9.90. The molecule has 0 saturated heterocycles. The van der Waals surface area contributed by atoms with E-state index in [4.69, 9.17) is 20.6 Å². The maximum Gasteiger partial charge on any atom is 0.491 e. The van der Waals surface area contributed by atoms with Gasteiger partial charge in [-0.2, -0.15) is 13.2 Å². The highest BCUT2D eigenvalue weighted by Crippen LogP contribution is 2.34. The molecule has 14 heteroatoms. The molecule has 0 aliphatic heterocycles. The summed E-state index contributed by atoms with van der Waals surface area (Å²) >= 11 is 0. The predicted octanol–water partition coefficient (Wildman–Crippen LogP) is 5.47. The Morgan fingerprint density at radius 3 is 2.42 bits per heavy atom. The Bertz CT molecular complexity index is 1710. The van der Waals surface area contributed by atoms with Crippen molar-refractivity contribution in [2.24, 2.45) is 5.73 Å². The van der Waals surface area contributed by atoms with Gasteiger partial charge < -0.3 is 25.3 Å². The van der Waals surface area contributed by atoms with E-state index in [0.29, 0.717) is 35.0 Å². The van der Waals surface area contributed by atoms with Crippen LogP contribution in [0.25, 0.3) is 10.9 Å². The molecule has 4 rings (SSSR count). The van der Waals surface area contributed by atoms with Gasteiger partial charge in [0.05, 0.1) is 23.8 Å². The van der Waals surface area contributed by atoms with E-state index in [2.05, 4.69) is 25.9 Å². The molecule has 0 aliphatic carbocycles. The number of nitrogens with zero attached hydrogens (tertiary/aromatic N) is 1. The summed E-state index contributed by atoms with van der Waals surface area (Å²) in [5.74, 6) is -3.21. The summed E-state index contributed by atoms with van der Waals surface area (Å²) in [6.45, 7) is 5.79. The van der Waals surface area contributed by atoms with Gasteiger partial charge in [0.25, 0.3) is 5.91 Å². The van der Waals surface area contributed by atoms with E-state index in [1.807, 2.05) is 44.2 Å². The van der Waals surface area contributed by atoms with Crippen molar-refractivity contribution in [3.63, 3.8) is 0 Å². The fraction of sp³-hybridized carbons (Fsp3) is 0.226. The van der Waals surface area contributed by atoms with Crippen molar-refractivity contribution in [3.05, 3.63) is 83.9 Å². The molecule has 0 saturated carbocycles. The third-order valence-corrected chi connectivity index (χ3v) is 6.15. The first kappa shape index (κ1) is 32.4. The van der Waals surface area contributed by atoms with Gasteiger partial charge in [0.15, 0.2) is 11.5 Å². The molecular weight excluding hydrogens is 593 g/mol. The number of alkyl halides is 3. The molecule has 1 unspecified atom stereocenters. The maximum absolute atomic E-state index is 13.7. The number of rotatable bonds is 12. The number of nitrogens with two attached hydrogens (primary N) is 1. The standard InChI is InChI=1S/C31H31F3N6O5/c1-4-43-25-15-19(9-13-23(25)44-17(2)3)27(29(41)40-39-26-14-10-18-7-5-6-8-22(18)38-26)37-20-11-12-21(28(35)36)24(16-20)45-30(42)31(32,33)34/h5-17,27,37H,4H2,1-3H3,(H3,35,36)(H,38,39)(H,40,41). The fourth-order valence-electron chi connectivity index (χ4n) is 4.20. The monoisotopic (exact) mass is 624 g/mol. The molecule has 1 amide bonds. The van der Waals surface area contributed by atoms with Crippen molar-refractivity contribution >= 4 is 40.1 Å². The third-order valence-electron chi connectivity index (χ3n) is 6.15. The number of halogens is 3. The molecule has 4 aromatic rings. The number of para-hydroxylation sites is 1. The molecule has 1 atom stereocenters. The summed E-state index contributed by atoms with van der Waals surface area (Å²) in [6.07, 6.45) is -5.46. The van der Waals surface area contributed by atoms with Crippen LogP contribution in [0, 0.1) is 5.41 Å². The number of carbonyl (C=O) groups excluding carboxylic acids is 2. The number of amidine groups is 1. The molecule has 0 bridgehead atoms. The molecule has 45 heavy (non-hydrogen) atoms. The molecule has 6 N–H and O–H groups in total. The van der Waals surface area contributed by atoms with Crippen LogP contribution in [0.2, 0.25) is 0 Å². The second-order valence-electron chi connectivity index (χ2n) is 9.90. The van der Waals surface area contributed by atoms with Crippen molar-refractivity contribution in [2.45, 2.75) is 39.1 Å². The van der Waals surface area contributed by atoms with E-state index in [0.717, 1.165) is 11.5 Å². The van der Waals surface area contributed by atoms with Crippen LogP contribution in [0.4, 0.5) is 24.7 Å². The van der Waals surface area contributed by atoms with Crippen LogP contribution in [0.15, 0.2) is 72.8 Å². The normalized spacial score (nSPS) is 11.9. The highest BCUT2D eigenvalue weighted by Gasteiger charge is 2.42. The lowest BCUT2D eigenvalue weighted by atomic mass is 10.0. The van der Waals surface area contributed by atoms with Crippen LogP contribution in [0.3, 0.4) is 0 Å². The van der Waals surface area contributed by atoms with Crippen molar-refractivity contribution in [1.82, 2.24) is 10.4 Å². The lowest BCUT2D eigenvalue weighted by molar-refractivity contribution is -0.189. The predicted molar refractivity (Wildman–Crippen MR) is 162 cm³/mol. The summed E-state index contributed by atoms with van der Waals surface area (Å²) in [5, 5.41) is 11.5. The van der Waals surface area contributed by atoms with Gasteiger partial charge >= 0.3 is 12.1 Å². The quantitative estimate of drug-likeness (QED) is 0.0453. The largest absolute Gasteiger partial charge is 0.491 e. The minimum Gasteiger partial charge on any atom is -0.490 e. The molecule has 1 aromatic heterocycles. The molecule has 11 nitrogen and oxygen atoms in total. The van der Waals surface area contributed by atoms with Gasteiger partial charge in [-0.1, -0.05) is 24.3 Å². The highest BCUT2D eigenvalue weighted by molar-refractivity contribution is 5.99. The molecule has 0 spiro atoms. The molecule has 0 aliphatic rings. The van der Waals surface area contributed by atoms with Gasteiger partial charge in [-0.15, -0.1) is 0 Å². The van der Waals surface area contributed by atoms with Crippen LogP contribution < -0.4 is 36.1 Å². The second kappa shape index (κ2) is 13.8. The van der Waals surface area contributed by atoms with E-state index < -0.39 is 35.7 Å². The number of benzene rings is 3. The van der Waals surface area contributed by atoms with E-state index in [1.54, 1.807) is 31.2 Å². The number of esters is 1. The van der Waals surface area contributed by atoms with E-state index in [9.17, 15) is 22.8 Å². The molecule has 1 heterocycles. The topological polar surface area (TPSA) is 161 Å². The van der Waals surface area contributed by atoms with E-state index >= 15 is 0 Å². The number of hydrogen-bond donors (Lipinski definition) is 5. The number of carbonyl (C=O) groups is 2. The van der Waals surface area contributed by atoms with E-state index in [-0.39, 0.29) is 17.4 Å². The van der Waals surface area contributed by atoms with Gasteiger partial charge in [-0.05, 0) is 68.8 Å². The van der Waals surface area contributed by atoms with Crippen molar-refractivity contribution in [3.8, 4) is 17.2 Å². The summed E-state index contributed by atoms with van der Waals surface area (Å²) < 4.78 is 55.0. The van der Waals surface area contributed by atoms with Crippen LogP contribution in [0.1, 0.15) is 37.9 Å². The molecule has 0 radical (unpaired) electrons. The smallest absolute Gasteiger partial charge is 0.490 e. The first-order chi connectivity index (χ1) is 21.3. The van der Waals surface area contributed by atoms with Gasteiger partial charge in [-0.25, -0.2) is 9.78 Å². The maximum atomic E-state index is 13.7. The van der Waals surface area contributed by atoms with E-state index in [1.165, 1.54) is 12.1 Å². The first-order valence-electron chi connectivity index (χ1n) is 13.7. The Balaban J connectivity index is 1.69. The lowest BCUT2D eigenvalue weighted by Crippen LogP contribution is -2.37. The number of nitrogen functional groups attached to an aromatic ring is 1. The molecular formula is C31H31F3N6O5. The van der Waals surface area contributed by atoms with Crippen LogP contribution in [-0.4, -0.2) is 41.6 Å². The summed E-state index contributed by atoms with van der Waals surface area (Å²) in [4.78, 5) is 29.7. The first-order valence-corrected chi connectivity index (χ1v) is 13.7. The minimum atomic E-state index is -5.29. The Kier molecular flexibility index (Phi) is 9.96. The zero-order valence-corrected chi connectivity index (χ0v) is 24.5. The Hall–Kier alpha value is -5.53. The molecule has 0 fully saturated rings. The number of ether oxygens (including phenoxy) is 3. The van der Waals surface area contributed by atoms with Gasteiger partial charge in [-0.3, -0.25) is 21.1 Å². The molecule has 236 valence electrons.